The van der Waals surface area contributed by atoms with Crippen LogP contribution in [0.15, 0.2) is 18.2 Å². The van der Waals surface area contributed by atoms with Gasteiger partial charge in [0.15, 0.2) is 6.61 Å². The molecule has 0 fully saturated rings. The number of carbonyl (C=O) groups excluding carboxylic acids is 2. The van der Waals surface area contributed by atoms with Crippen LogP contribution >= 0.6 is 0 Å². The molecular formula is C16H24N2O3. The molecule has 0 radical (unpaired) electrons. The molecule has 5 heteroatoms. The molecule has 1 rings (SSSR count). The Labute approximate surface area is 126 Å². The molecule has 0 aliphatic rings. The third-order valence-electron chi connectivity index (χ3n) is 3.19. The van der Waals surface area contributed by atoms with E-state index in [9.17, 15) is 9.59 Å². The fraction of sp³-hybridized carbons (Fsp3) is 0.500. The number of hydrogen-bond donors (Lipinski definition) is 1. The van der Waals surface area contributed by atoms with Gasteiger partial charge in [-0.25, -0.2) is 0 Å². The lowest BCUT2D eigenvalue weighted by atomic mass is 10.1. The third kappa shape index (κ3) is 5.10. The van der Waals surface area contributed by atoms with E-state index in [0.29, 0.717) is 13.1 Å². The van der Waals surface area contributed by atoms with Crippen LogP contribution in [0.3, 0.4) is 0 Å². The van der Waals surface area contributed by atoms with Gasteiger partial charge in [-0.1, -0.05) is 18.2 Å². The molecule has 1 aromatic carbocycles. The van der Waals surface area contributed by atoms with Crippen molar-refractivity contribution in [2.24, 2.45) is 0 Å². The van der Waals surface area contributed by atoms with Crippen molar-refractivity contribution in [3.63, 3.8) is 0 Å². The normalized spacial score (nSPS) is 10.1. The van der Waals surface area contributed by atoms with Crippen LogP contribution in [0, 0.1) is 13.8 Å². The van der Waals surface area contributed by atoms with Crippen LogP contribution in [0.2, 0.25) is 0 Å². The van der Waals surface area contributed by atoms with Crippen molar-refractivity contribution in [2.75, 3.05) is 26.2 Å². The molecule has 116 valence electrons. The minimum Gasteiger partial charge on any atom is -0.483 e. The number of nitrogens with zero attached hydrogens (tertiary/aromatic N) is 1. The monoisotopic (exact) mass is 292 g/mol. The topological polar surface area (TPSA) is 58.6 Å². The molecule has 21 heavy (non-hydrogen) atoms. The largest absolute Gasteiger partial charge is 0.483 e. The Kier molecular flexibility index (Phi) is 6.72. The van der Waals surface area contributed by atoms with E-state index in [1.54, 1.807) is 0 Å². The number of rotatable bonds is 7. The molecule has 0 unspecified atom stereocenters. The van der Waals surface area contributed by atoms with Crippen molar-refractivity contribution in [1.82, 2.24) is 10.2 Å². The predicted octanol–water partition coefficient (Wildman–Crippen LogP) is 1.67. The highest BCUT2D eigenvalue weighted by atomic mass is 16.5. The first-order valence-electron chi connectivity index (χ1n) is 7.23. The highest BCUT2D eigenvalue weighted by molar-refractivity contribution is 5.85. The fourth-order valence-electron chi connectivity index (χ4n) is 2.05. The molecule has 0 spiro atoms. The Morgan fingerprint density at radius 1 is 1.19 bits per heavy atom. The van der Waals surface area contributed by atoms with E-state index >= 15 is 0 Å². The minimum absolute atomic E-state index is 0.0566. The lowest BCUT2D eigenvalue weighted by Crippen LogP contribution is -2.42. The highest BCUT2D eigenvalue weighted by Crippen LogP contribution is 2.22. The first-order chi connectivity index (χ1) is 9.99. The van der Waals surface area contributed by atoms with Crippen LogP contribution in [0.4, 0.5) is 0 Å². The Morgan fingerprint density at radius 3 is 2.33 bits per heavy atom. The maximum absolute atomic E-state index is 12.1. The highest BCUT2D eigenvalue weighted by Gasteiger charge is 2.16. The molecule has 0 aliphatic heterocycles. The SMILES string of the molecule is CCNC(=O)CN(CC)C(=O)COc1c(C)cccc1C. The molecule has 0 aliphatic carbocycles. The van der Waals surface area contributed by atoms with Crippen LogP contribution in [0.5, 0.6) is 5.75 Å². The van der Waals surface area contributed by atoms with Crippen LogP contribution in [-0.4, -0.2) is 43.0 Å². The van der Waals surface area contributed by atoms with E-state index in [1.807, 2.05) is 45.9 Å². The summed E-state index contributed by atoms with van der Waals surface area (Å²) in [6, 6.07) is 5.84. The molecule has 0 bridgehead atoms. The second-order valence-corrected chi connectivity index (χ2v) is 4.87. The molecule has 0 heterocycles. The van der Waals surface area contributed by atoms with Crippen LogP contribution in [0.1, 0.15) is 25.0 Å². The van der Waals surface area contributed by atoms with Crippen LogP contribution < -0.4 is 10.1 Å². The molecule has 5 nitrogen and oxygen atoms in total. The average molecular weight is 292 g/mol. The summed E-state index contributed by atoms with van der Waals surface area (Å²) in [4.78, 5) is 25.2. The van der Waals surface area contributed by atoms with E-state index in [1.165, 1.54) is 4.90 Å². The summed E-state index contributed by atoms with van der Waals surface area (Å²) in [5.74, 6) is 0.395. The second-order valence-electron chi connectivity index (χ2n) is 4.87. The van der Waals surface area contributed by atoms with Gasteiger partial charge in [0, 0.05) is 13.1 Å². The Hall–Kier alpha value is -2.04. The van der Waals surface area contributed by atoms with Crippen molar-refractivity contribution < 1.29 is 14.3 Å². The van der Waals surface area contributed by atoms with Gasteiger partial charge in [0.25, 0.3) is 5.91 Å². The van der Waals surface area contributed by atoms with Crippen molar-refractivity contribution in [3.05, 3.63) is 29.3 Å². The average Bonchev–Trinajstić information content (AvgIpc) is 2.44. The molecule has 2 amide bonds. The summed E-state index contributed by atoms with van der Waals surface area (Å²) in [5, 5.41) is 2.68. The van der Waals surface area contributed by atoms with E-state index in [2.05, 4.69) is 5.32 Å². The summed E-state index contributed by atoms with van der Waals surface area (Å²) < 4.78 is 5.63. The second kappa shape index (κ2) is 8.29. The van der Waals surface area contributed by atoms with E-state index in [4.69, 9.17) is 4.74 Å². The Morgan fingerprint density at radius 2 is 1.81 bits per heavy atom. The number of hydrogen-bond acceptors (Lipinski definition) is 3. The standard InChI is InChI=1S/C16H24N2O3/c1-5-17-14(19)10-18(6-2)15(20)11-21-16-12(3)8-7-9-13(16)4/h7-9H,5-6,10-11H2,1-4H3,(H,17,19). The first kappa shape index (κ1) is 17.0. The van der Waals surface area contributed by atoms with Gasteiger partial charge in [-0.3, -0.25) is 9.59 Å². The number of benzene rings is 1. The molecule has 0 aromatic heterocycles. The lowest BCUT2D eigenvalue weighted by molar-refractivity contribution is -0.137. The van der Waals surface area contributed by atoms with E-state index in [-0.39, 0.29) is 25.0 Å². The zero-order valence-electron chi connectivity index (χ0n) is 13.2. The maximum Gasteiger partial charge on any atom is 0.260 e. The van der Waals surface area contributed by atoms with Gasteiger partial charge in [0.05, 0.1) is 6.54 Å². The smallest absolute Gasteiger partial charge is 0.260 e. The molecular weight excluding hydrogens is 268 g/mol. The van der Waals surface area contributed by atoms with Crippen molar-refractivity contribution >= 4 is 11.8 Å². The van der Waals surface area contributed by atoms with Gasteiger partial charge in [0.2, 0.25) is 5.91 Å². The van der Waals surface area contributed by atoms with Gasteiger partial charge in [-0.2, -0.15) is 0 Å². The number of ether oxygens (including phenoxy) is 1. The van der Waals surface area contributed by atoms with Gasteiger partial charge in [-0.05, 0) is 38.8 Å². The quantitative estimate of drug-likeness (QED) is 0.831. The predicted molar refractivity (Wildman–Crippen MR) is 82.3 cm³/mol. The third-order valence-corrected chi connectivity index (χ3v) is 3.19. The van der Waals surface area contributed by atoms with Crippen LogP contribution in [-0.2, 0) is 9.59 Å². The van der Waals surface area contributed by atoms with Crippen molar-refractivity contribution in [3.8, 4) is 5.75 Å². The number of nitrogens with one attached hydrogen (secondary N) is 1. The van der Waals surface area contributed by atoms with E-state index in [0.717, 1.165) is 16.9 Å². The first-order valence-corrected chi connectivity index (χ1v) is 7.23. The van der Waals surface area contributed by atoms with Gasteiger partial charge in [0.1, 0.15) is 5.75 Å². The summed E-state index contributed by atoms with van der Waals surface area (Å²) in [5.41, 5.74) is 1.99. The molecule has 0 saturated carbocycles. The Bertz CT molecular complexity index is 480. The zero-order valence-corrected chi connectivity index (χ0v) is 13.2. The zero-order chi connectivity index (χ0) is 15.8. The number of likely N-dealkylation sites (N-methyl/N-ethyl adjacent to an activating group) is 2. The van der Waals surface area contributed by atoms with E-state index < -0.39 is 0 Å². The molecule has 1 N–H and O–H groups in total. The summed E-state index contributed by atoms with van der Waals surface area (Å²) >= 11 is 0. The lowest BCUT2D eigenvalue weighted by Gasteiger charge is -2.21. The van der Waals surface area contributed by atoms with Crippen molar-refractivity contribution in [2.45, 2.75) is 27.7 Å². The van der Waals surface area contributed by atoms with Crippen molar-refractivity contribution in [1.29, 1.82) is 0 Å². The summed E-state index contributed by atoms with van der Waals surface area (Å²) in [7, 11) is 0. The van der Waals surface area contributed by atoms with Crippen LogP contribution in [0.25, 0.3) is 0 Å². The minimum atomic E-state index is -0.189. The number of amides is 2. The number of aryl methyl sites for hydroxylation is 2. The van der Waals surface area contributed by atoms with Gasteiger partial charge < -0.3 is 15.0 Å². The Balaban J connectivity index is 2.60. The molecule has 1 aromatic rings. The number of carbonyl (C=O) groups is 2. The fourth-order valence-corrected chi connectivity index (χ4v) is 2.05. The number of para-hydroxylation sites is 1. The maximum atomic E-state index is 12.1. The summed E-state index contributed by atoms with van der Waals surface area (Å²) in [6.07, 6.45) is 0. The van der Waals surface area contributed by atoms with Gasteiger partial charge >= 0.3 is 0 Å². The molecule has 0 saturated heterocycles. The molecule has 0 atom stereocenters. The van der Waals surface area contributed by atoms with Gasteiger partial charge in [-0.15, -0.1) is 0 Å². The summed E-state index contributed by atoms with van der Waals surface area (Å²) in [6.45, 7) is 8.63.